The molecule has 1 aliphatic carbocycles. The third kappa shape index (κ3) is 3.51. The predicted octanol–water partition coefficient (Wildman–Crippen LogP) is 3.58. The van der Waals surface area contributed by atoms with Gasteiger partial charge in [0.15, 0.2) is 0 Å². The van der Waals surface area contributed by atoms with Crippen molar-refractivity contribution in [3.8, 4) is 5.75 Å². The molecule has 0 N–H and O–H groups in total. The molecule has 1 aromatic carbocycles. The third-order valence-corrected chi connectivity index (χ3v) is 3.36. The summed E-state index contributed by atoms with van der Waals surface area (Å²) in [6.07, 6.45) is 6.96. The Labute approximate surface area is 96.0 Å². The number of hydrogen-bond acceptors (Lipinski definition) is 3. The minimum absolute atomic E-state index is 0.0418. The highest BCUT2D eigenvalue weighted by atomic mass is 31.1. The van der Waals surface area contributed by atoms with Crippen LogP contribution in [0.2, 0.25) is 0 Å². The summed E-state index contributed by atoms with van der Waals surface area (Å²) in [6, 6.07) is 9.11. The van der Waals surface area contributed by atoms with E-state index in [2.05, 4.69) is 12.2 Å². The van der Waals surface area contributed by atoms with Crippen LogP contribution in [0.15, 0.2) is 42.5 Å². The molecule has 2 unspecified atom stereocenters. The van der Waals surface area contributed by atoms with Crippen LogP contribution in [-0.4, -0.2) is 6.10 Å². The van der Waals surface area contributed by atoms with Gasteiger partial charge in [-0.15, -0.1) is 0 Å². The van der Waals surface area contributed by atoms with Gasteiger partial charge in [0.05, 0.1) is 6.10 Å². The second kappa shape index (κ2) is 5.88. The zero-order valence-corrected chi connectivity index (χ0v) is 9.96. The van der Waals surface area contributed by atoms with Crippen molar-refractivity contribution in [1.82, 2.24) is 0 Å². The molecule has 4 heteroatoms. The highest BCUT2D eigenvalue weighted by Crippen LogP contribution is 2.32. The molecule has 2 atom stereocenters. The lowest BCUT2D eigenvalue weighted by atomic mass is 10.1. The molecule has 0 amide bonds. The predicted molar refractivity (Wildman–Crippen MR) is 63.9 cm³/mol. The maximum atomic E-state index is 11.6. The van der Waals surface area contributed by atoms with E-state index >= 15 is 0 Å². The molecule has 0 heterocycles. The summed E-state index contributed by atoms with van der Waals surface area (Å²) in [4.78, 5) is 0. The van der Waals surface area contributed by atoms with Crippen LogP contribution in [0.25, 0.3) is 0 Å². The first-order valence-corrected chi connectivity index (χ1v) is 6.65. The Hall–Kier alpha value is -1.05. The number of benzene rings is 1. The molecule has 86 valence electrons. The minimum atomic E-state index is -2.42. The number of rotatable bonds is 4. The summed E-state index contributed by atoms with van der Waals surface area (Å²) in [5, 5.41) is 0. The maximum Gasteiger partial charge on any atom is 0.368 e. The Balaban J connectivity index is 1.82. The van der Waals surface area contributed by atoms with Crippen LogP contribution in [0.3, 0.4) is 0 Å². The first kappa shape index (κ1) is 11.4. The van der Waals surface area contributed by atoms with Gasteiger partial charge in [-0.3, -0.25) is 4.52 Å². The number of allylic oxidation sites excluding steroid dienone is 1. The lowest BCUT2D eigenvalue weighted by Crippen LogP contribution is -2.10. The lowest BCUT2D eigenvalue weighted by Gasteiger charge is -2.17. The van der Waals surface area contributed by atoms with Crippen LogP contribution in [0, 0.1) is 0 Å². The zero-order chi connectivity index (χ0) is 11.2. The molecular formula is C12H15O3P. The van der Waals surface area contributed by atoms with Gasteiger partial charge in [0, 0.05) is 0 Å². The molecule has 0 aromatic heterocycles. The van der Waals surface area contributed by atoms with Gasteiger partial charge in [0.25, 0.3) is 0 Å². The summed E-state index contributed by atoms with van der Waals surface area (Å²) < 4.78 is 22.2. The van der Waals surface area contributed by atoms with Crippen molar-refractivity contribution in [2.45, 2.75) is 25.4 Å². The SMILES string of the molecule is O=[PH](Oc1ccccc1)OC1CC=CCC1. The molecule has 3 nitrogen and oxygen atoms in total. The molecule has 0 saturated heterocycles. The summed E-state index contributed by atoms with van der Waals surface area (Å²) >= 11 is 0. The molecule has 1 aliphatic rings. The van der Waals surface area contributed by atoms with Gasteiger partial charge >= 0.3 is 8.25 Å². The third-order valence-electron chi connectivity index (χ3n) is 2.43. The molecule has 0 fully saturated rings. The Morgan fingerprint density at radius 2 is 2.00 bits per heavy atom. The lowest BCUT2D eigenvalue weighted by molar-refractivity contribution is 0.181. The van der Waals surface area contributed by atoms with Crippen LogP contribution < -0.4 is 4.52 Å². The van der Waals surface area contributed by atoms with Crippen LogP contribution in [-0.2, 0) is 9.09 Å². The van der Waals surface area contributed by atoms with E-state index in [0.717, 1.165) is 19.3 Å². The van der Waals surface area contributed by atoms with E-state index in [-0.39, 0.29) is 6.10 Å². The van der Waals surface area contributed by atoms with E-state index in [9.17, 15) is 4.57 Å². The number of para-hydroxylation sites is 1. The first-order valence-electron chi connectivity index (χ1n) is 5.43. The van der Waals surface area contributed by atoms with Crippen molar-refractivity contribution >= 4 is 8.25 Å². The molecular weight excluding hydrogens is 223 g/mol. The summed E-state index contributed by atoms with van der Waals surface area (Å²) in [6.45, 7) is 0. The van der Waals surface area contributed by atoms with Crippen molar-refractivity contribution in [3.63, 3.8) is 0 Å². The average Bonchev–Trinajstić information content (AvgIpc) is 2.31. The molecule has 0 saturated carbocycles. The van der Waals surface area contributed by atoms with E-state index in [1.54, 1.807) is 12.1 Å². The second-order valence-electron chi connectivity index (χ2n) is 3.69. The van der Waals surface area contributed by atoms with Gasteiger partial charge in [0.1, 0.15) is 5.75 Å². The minimum Gasteiger partial charge on any atom is -0.426 e. The fourth-order valence-electron chi connectivity index (χ4n) is 1.62. The largest absolute Gasteiger partial charge is 0.426 e. The van der Waals surface area contributed by atoms with E-state index in [4.69, 9.17) is 9.05 Å². The molecule has 0 radical (unpaired) electrons. The normalized spacial score (nSPS) is 21.6. The van der Waals surface area contributed by atoms with Crippen LogP contribution in [0.1, 0.15) is 19.3 Å². The van der Waals surface area contributed by atoms with E-state index in [0.29, 0.717) is 5.75 Å². The number of hydrogen-bond donors (Lipinski definition) is 0. The topological polar surface area (TPSA) is 35.5 Å². The van der Waals surface area contributed by atoms with E-state index < -0.39 is 8.25 Å². The molecule has 1 aromatic rings. The Bertz CT molecular complexity index is 375. The Morgan fingerprint density at radius 3 is 2.69 bits per heavy atom. The van der Waals surface area contributed by atoms with Crippen molar-refractivity contribution in [2.24, 2.45) is 0 Å². The van der Waals surface area contributed by atoms with Gasteiger partial charge in [-0.2, -0.15) is 0 Å². The smallest absolute Gasteiger partial charge is 0.368 e. The van der Waals surface area contributed by atoms with Gasteiger partial charge in [0.2, 0.25) is 0 Å². The maximum absolute atomic E-state index is 11.6. The molecule has 2 rings (SSSR count). The molecule has 0 aliphatic heterocycles. The van der Waals surface area contributed by atoms with Crippen molar-refractivity contribution in [3.05, 3.63) is 42.5 Å². The van der Waals surface area contributed by atoms with Crippen LogP contribution in [0.4, 0.5) is 0 Å². The quantitative estimate of drug-likeness (QED) is 0.594. The van der Waals surface area contributed by atoms with Gasteiger partial charge in [-0.25, -0.2) is 4.57 Å². The highest BCUT2D eigenvalue weighted by Gasteiger charge is 2.14. The van der Waals surface area contributed by atoms with Crippen LogP contribution in [0.5, 0.6) is 5.75 Å². The summed E-state index contributed by atoms with van der Waals surface area (Å²) in [5.74, 6) is 0.595. The first-order chi connectivity index (χ1) is 7.84. The summed E-state index contributed by atoms with van der Waals surface area (Å²) in [7, 11) is -2.42. The Kier molecular flexibility index (Phi) is 4.20. The fraction of sp³-hybridized carbons (Fsp3) is 0.333. The van der Waals surface area contributed by atoms with Gasteiger partial charge < -0.3 is 4.52 Å². The van der Waals surface area contributed by atoms with Gasteiger partial charge in [-0.1, -0.05) is 30.4 Å². The molecule has 0 spiro atoms. The van der Waals surface area contributed by atoms with Crippen molar-refractivity contribution < 1.29 is 13.6 Å². The monoisotopic (exact) mass is 238 g/mol. The molecule has 16 heavy (non-hydrogen) atoms. The summed E-state index contributed by atoms with van der Waals surface area (Å²) in [5.41, 5.74) is 0. The standard InChI is InChI=1S/C12H15O3P/c13-16(14-11-7-3-1-4-8-11)15-12-9-5-2-6-10-12/h1-5,7-8,12,16H,6,9-10H2. The van der Waals surface area contributed by atoms with E-state index in [1.165, 1.54) is 0 Å². The van der Waals surface area contributed by atoms with Gasteiger partial charge in [-0.05, 0) is 31.4 Å². The Morgan fingerprint density at radius 1 is 1.19 bits per heavy atom. The van der Waals surface area contributed by atoms with Crippen LogP contribution >= 0.6 is 8.25 Å². The fourth-order valence-corrected chi connectivity index (χ4v) is 2.48. The highest BCUT2D eigenvalue weighted by molar-refractivity contribution is 7.33. The van der Waals surface area contributed by atoms with E-state index in [1.807, 2.05) is 18.2 Å². The van der Waals surface area contributed by atoms with Crippen molar-refractivity contribution in [1.29, 1.82) is 0 Å². The average molecular weight is 238 g/mol. The second-order valence-corrected chi connectivity index (χ2v) is 4.63. The zero-order valence-electron chi connectivity index (χ0n) is 8.96. The molecule has 0 bridgehead atoms. The van der Waals surface area contributed by atoms with Crippen molar-refractivity contribution in [2.75, 3.05) is 0 Å².